The topological polar surface area (TPSA) is 82.3 Å². The smallest absolute Gasteiger partial charge is 0.322 e. The summed E-state index contributed by atoms with van der Waals surface area (Å²) in [6.07, 6.45) is 5.11. The normalized spacial score (nSPS) is 8.50. The van der Waals surface area contributed by atoms with Crippen LogP contribution in [0.3, 0.4) is 0 Å². The van der Waals surface area contributed by atoms with E-state index in [9.17, 15) is 9.59 Å². The van der Waals surface area contributed by atoms with Crippen molar-refractivity contribution in [2.75, 3.05) is 13.1 Å². The second-order valence-corrected chi connectivity index (χ2v) is 2.75. The van der Waals surface area contributed by atoms with Crippen molar-refractivity contribution in [1.82, 2.24) is 5.32 Å². The summed E-state index contributed by atoms with van der Waals surface area (Å²) in [5.74, 6) is -0.587. The van der Waals surface area contributed by atoms with E-state index in [1.165, 1.54) is 12.1 Å². The molecule has 76 valence electrons. The first-order valence-corrected chi connectivity index (χ1v) is 4.53. The van der Waals surface area contributed by atoms with Crippen molar-refractivity contribution in [3.63, 3.8) is 0 Å². The first kappa shape index (κ1) is 12.3. The van der Waals surface area contributed by atoms with E-state index in [0.717, 1.165) is 25.7 Å². The number of hydrogen-bond acceptors (Lipinski definition) is 4. The Balaban J connectivity index is 3.11. The van der Waals surface area contributed by atoms with Crippen molar-refractivity contribution < 1.29 is 9.59 Å². The van der Waals surface area contributed by atoms with E-state index in [0.29, 0.717) is 13.1 Å². The van der Waals surface area contributed by atoms with Gasteiger partial charge in [0.1, 0.15) is 0 Å². The third-order valence-corrected chi connectivity index (χ3v) is 1.65. The Kier molecular flexibility index (Phi) is 8.31. The van der Waals surface area contributed by atoms with Crippen LogP contribution in [0.1, 0.15) is 25.7 Å². The van der Waals surface area contributed by atoms with Gasteiger partial charge in [-0.3, -0.25) is 4.79 Å². The lowest BCUT2D eigenvalue weighted by Gasteiger charge is -1.99. The summed E-state index contributed by atoms with van der Waals surface area (Å²) < 4.78 is 0. The van der Waals surface area contributed by atoms with Gasteiger partial charge in [-0.15, -0.1) is 0 Å². The standard InChI is InChI=1S/C9H13N3O2/c10-7-9(14)12-6-4-2-1-3-5-11-8-13/h1-6H2,(H,12,14). The van der Waals surface area contributed by atoms with Crippen molar-refractivity contribution in [2.45, 2.75) is 25.7 Å². The van der Waals surface area contributed by atoms with Gasteiger partial charge in [-0.2, -0.15) is 5.26 Å². The van der Waals surface area contributed by atoms with Gasteiger partial charge in [0.2, 0.25) is 6.08 Å². The number of nitriles is 1. The highest BCUT2D eigenvalue weighted by atomic mass is 16.1. The Hall–Kier alpha value is -1.66. The first-order valence-electron chi connectivity index (χ1n) is 4.53. The van der Waals surface area contributed by atoms with Gasteiger partial charge in [0, 0.05) is 6.54 Å². The number of nitrogens with zero attached hydrogens (tertiary/aromatic N) is 2. The maximum atomic E-state index is 10.5. The van der Waals surface area contributed by atoms with E-state index in [2.05, 4.69) is 10.3 Å². The third kappa shape index (κ3) is 8.44. The second kappa shape index (κ2) is 9.43. The molecule has 0 rings (SSSR count). The summed E-state index contributed by atoms with van der Waals surface area (Å²) in [4.78, 5) is 23.5. The van der Waals surface area contributed by atoms with Crippen LogP contribution in [0.5, 0.6) is 0 Å². The number of unbranched alkanes of at least 4 members (excludes halogenated alkanes) is 3. The van der Waals surface area contributed by atoms with Gasteiger partial charge < -0.3 is 5.32 Å². The molecule has 0 saturated heterocycles. The number of hydrogen-bond donors (Lipinski definition) is 1. The van der Waals surface area contributed by atoms with Crippen molar-refractivity contribution >= 4 is 12.0 Å². The van der Waals surface area contributed by atoms with Crippen LogP contribution in [-0.2, 0) is 9.59 Å². The molecule has 1 amide bonds. The third-order valence-electron chi connectivity index (χ3n) is 1.65. The minimum absolute atomic E-state index is 0.522. The van der Waals surface area contributed by atoms with Gasteiger partial charge in [-0.1, -0.05) is 12.8 Å². The van der Waals surface area contributed by atoms with Gasteiger partial charge in [0.05, 0.1) is 6.54 Å². The molecular formula is C9H13N3O2. The zero-order chi connectivity index (χ0) is 10.6. The van der Waals surface area contributed by atoms with Gasteiger partial charge in [-0.25, -0.2) is 9.79 Å². The number of amides is 1. The summed E-state index contributed by atoms with van der Waals surface area (Å²) in [7, 11) is 0. The number of carbonyl (C=O) groups is 1. The van der Waals surface area contributed by atoms with E-state index < -0.39 is 5.91 Å². The van der Waals surface area contributed by atoms with Gasteiger partial charge >= 0.3 is 5.91 Å². The lowest BCUT2D eigenvalue weighted by atomic mass is 10.2. The van der Waals surface area contributed by atoms with Crippen LogP contribution in [0.2, 0.25) is 0 Å². The molecule has 0 bridgehead atoms. The van der Waals surface area contributed by atoms with Crippen LogP contribution < -0.4 is 5.32 Å². The monoisotopic (exact) mass is 195 g/mol. The van der Waals surface area contributed by atoms with Crippen LogP contribution in [-0.4, -0.2) is 25.1 Å². The van der Waals surface area contributed by atoms with Crippen molar-refractivity contribution in [3.05, 3.63) is 0 Å². The van der Waals surface area contributed by atoms with Crippen molar-refractivity contribution in [2.24, 2.45) is 4.99 Å². The largest absolute Gasteiger partial charge is 0.344 e. The maximum Gasteiger partial charge on any atom is 0.322 e. The molecule has 0 aliphatic heterocycles. The van der Waals surface area contributed by atoms with Crippen LogP contribution in [0.15, 0.2) is 4.99 Å². The van der Waals surface area contributed by atoms with Crippen LogP contribution >= 0.6 is 0 Å². The molecule has 0 radical (unpaired) electrons. The van der Waals surface area contributed by atoms with Crippen LogP contribution in [0.25, 0.3) is 0 Å². The number of aliphatic imine (C=N–C) groups is 1. The maximum absolute atomic E-state index is 10.5. The van der Waals surface area contributed by atoms with E-state index in [4.69, 9.17) is 5.26 Å². The molecule has 0 aromatic carbocycles. The lowest BCUT2D eigenvalue weighted by Crippen LogP contribution is -2.22. The van der Waals surface area contributed by atoms with Gasteiger partial charge in [-0.05, 0) is 12.8 Å². The van der Waals surface area contributed by atoms with Crippen molar-refractivity contribution in [1.29, 1.82) is 5.26 Å². The molecule has 0 aromatic rings. The number of nitrogens with one attached hydrogen (secondary N) is 1. The predicted molar refractivity (Wildman–Crippen MR) is 50.1 cm³/mol. The van der Waals surface area contributed by atoms with Gasteiger partial charge in [0.25, 0.3) is 0 Å². The molecule has 0 spiro atoms. The zero-order valence-electron chi connectivity index (χ0n) is 7.95. The average molecular weight is 195 g/mol. The molecule has 5 nitrogen and oxygen atoms in total. The second-order valence-electron chi connectivity index (χ2n) is 2.75. The quantitative estimate of drug-likeness (QED) is 0.278. The Morgan fingerprint density at radius 2 is 2.00 bits per heavy atom. The van der Waals surface area contributed by atoms with Crippen LogP contribution in [0.4, 0.5) is 0 Å². The fourth-order valence-electron chi connectivity index (χ4n) is 0.957. The minimum Gasteiger partial charge on any atom is -0.344 e. The number of carbonyl (C=O) groups excluding carboxylic acids is 2. The molecule has 14 heavy (non-hydrogen) atoms. The molecule has 0 fully saturated rings. The molecular weight excluding hydrogens is 182 g/mol. The minimum atomic E-state index is -0.587. The first-order chi connectivity index (χ1) is 6.81. The molecule has 0 atom stereocenters. The molecule has 5 heteroatoms. The summed E-state index contributed by atoms with van der Waals surface area (Å²) >= 11 is 0. The number of rotatable bonds is 7. The lowest BCUT2D eigenvalue weighted by molar-refractivity contribution is -0.115. The molecule has 0 aliphatic rings. The average Bonchev–Trinajstić information content (AvgIpc) is 2.21. The number of isocyanates is 1. The summed E-state index contributed by atoms with van der Waals surface area (Å²) in [6.45, 7) is 1.05. The Labute approximate surface area is 82.8 Å². The highest BCUT2D eigenvalue weighted by Gasteiger charge is 1.95. The summed E-state index contributed by atoms with van der Waals surface area (Å²) in [5.41, 5.74) is 0. The Bertz CT molecular complexity index is 251. The fourth-order valence-corrected chi connectivity index (χ4v) is 0.957. The zero-order valence-corrected chi connectivity index (χ0v) is 7.95. The highest BCUT2D eigenvalue weighted by Crippen LogP contribution is 1.98. The SMILES string of the molecule is N#CC(=O)NCCCCCCN=C=O. The predicted octanol–water partition coefficient (Wildman–Crippen LogP) is 0.522. The molecule has 0 heterocycles. The molecule has 0 saturated carbocycles. The Morgan fingerprint density at radius 3 is 2.64 bits per heavy atom. The van der Waals surface area contributed by atoms with Gasteiger partial charge in [0.15, 0.2) is 6.07 Å². The molecule has 0 aliphatic carbocycles. The highest BCUT2D eigenvalue weighted by molar-refractivity contribution is 5.91. The summed E-state index contributed by atoms with van der Waals surface area (Å²) in [6, 6.07) is 1.48. The molecule has 0 aromatic heterocycles. The molecule has 0 unspecified atom stereocenters. The van der Waals surface area contributed by atoms with E-state index in [1.54, 1.807) is 0 Å². The van der Waals surface area contributed by atoms with E-state index in [1.807, 2.05) is 0 Å². The Morgan fingerprint density at radius 1 is 1.29 bits per heavy atom. The fraction of sp³-hybridized carbons (Fsp3) is 0.667. The van der Waals surface area contributed by atoms with E-state index >= 15 is 0 Å². The summed E-state index contributed by atoms with van der Waals surface area (Å²) in [5, 5.41) is 10.6. The van der Waals surface area contributed by atoms with Crippen molar-refractivity contribution in [3.8, 4) is 6.07 Å². The van der Waals surface area contributed by atoms with Crippen LogP contribution in [0, 0.1) is 11.3 Å². The van der Waals surface area contributed by atoms with E-state index in [-0.39, 0.29) is 0 Å². The molecule has 1 N–H and O–H groups in total.